The van der Waals surface area contributed by atoms with Gasteiger partial charge in [-0.3, -0.25) is 9.97 Å². The van der Waals surface area contributed by atoms with Crippen molar-refractivity contribution >= 4 is 81.7 Å². The highest BCUT2D eigenvalue weighted by atomic mass is 32.2. The number of benzene rings is 2. The fourth-order valence-corrected chi connectivity index (χ4v) is 12.8. The normalized spacial score (nSPS) is 16.8. The van der Waals surface area contributed by atoms with Crippen LogP contribution in [0.3, 0.4) is 0 Å². The summed E-state index contributed by atoms with van der Waals surface area (Å²) in [6.45, 7) is 4.38. The molecule has 0 amide bonds. The Morgan fingerprint density at radius 3 is 1.35 bits per heavy atom. The van der Waals surface area contributed by atoms with E-state index in [9.17, 15) is 10.5 Å². The maximum Gasteiger partial charge on any atom is 0.0991 e. The van der Waals surface area contributed by atoms with Gasteiger partial charge in [0.15, 0.2) is 0 Å². The molecule has 0 bridgehead atoms. The number of hydrogen-bond acceptors (Lipinski definition) is 10. The lowest BCUT2D eigenvalue weighted by molar-refractivity contribution is 1.18. The second-order valence-corrected chi connectivity index (χ2v) is 17.5. The number of thioether (sulfide) groups is 6. The summed E-state index contributed by atoms with van der Waals surface area (Å²) in [5.74, 6) is 1.60. The molecule has 2 aromatic carbocycles. The molecule has 226 valence electrons. The maximum absolute atomic E-state index is 9.56. The zero-order chi connectivity index (χ0) is 31.9. The van der Waals surface area contributed by atoms with Gasteiger partial charge in [-0.1, -0.05) is 83.4 Å². The van der Waals surface area contributed by atoms with E-state index in [1.807, 2.05) is 108 Å². The van der Waals surface area contributed by atoms with Gasteiger partial charge in [0, 0.05) is 44.9 Å². The SMILES string of the molecule is CC1=C(SCc2ccccn2)S/C(=C(\C(=C2/SC(C)=C(SCc3ccccn3)S2)c2ccc(C#N)cc2)c2ccc(C#N)cc2)S1. The molecule has 0 aliphatic carbocycles. The smallest absolute Gasteiger partial charge is 0.0991 e. The summed E-state index contributed by atoms with van der Waals surface area (Å²) >= 11 is 10.9. The molecule has 2 aliphatic heterocycles. The van der Waals surface area contributed by atoms with E-state index in [0.29, 0.717) is 11.1 Å². The first-order chi connectivity index (χ1) is 22.5. The molecular weight excluding hydrogens is 681 g/mol. The van der Waals surface area contributed by atoms with E-state index in [1.165, 1.54) is 26.8 Å². The average molecular weight is 707 g/mol. The van der Waals surface area contributed by atoms with Crippen LogP contribution in [0.5, 0.6) is 0 Å². The van der Waals surface area contributed by atoms with E-state index in [-0.39, 0.29) is 0 Å². The number of nitriles is 2. The highest BCUT2D eigenvalue weighted by Crippen LogP contribution is 2.62. The number of aromatic nitrogens is 2. The Hall–Kier alpha value is -3.22. The largest absolute Gasteiger partial charge is 0.260 e. The first-order valence-electron chi connectivity index (χ1n) is 14.2. The topological polar surface area (TPSA) is 73.4 Å². The number of pyridine rings is 2. The molecule has 6 rings (SSSR count). The molecule has 10 heteroatoms. The number of allylic oxidation sites excluding steroid dienone is 4. The lowest BCUT2D eigenvalue weighted by atomic mass is 9.93. The summed E-state index contributed by atoms with van der Waals surface area (Å²) in [5, 5.41) is 19.1. The van der Waals surface area contributed by atoms with Crippen molar-refractivity contribution < 1.29 is 0 Å². The third-order valence-corrected chi connectivity index (χ3v) is 15.2. The van der Waals surface area contributed by atoms with E-state index in [2.05, 4.69) is 72.4 Å². The monoisotopic (exact) mass is 706 g/mol. The van der Waals surface area contributed by atoms with Crippen LogP contribution in [0.15, 0.2) is 124 Å². The summed E-state index contributed by atoms with van der Waals surface area (Å²) < 4.78 is 4.94. The minimum atomic E-state index is 0.628. The molecule has 2 aromatic heterocycles. The molecule has 4 aromatic rings. The average Bonchev–Trinajstić information content (AvgIpc) is 3.66. The highest BCUT2D eigenvalue weighted by Gasteiger charge is 2.30. The zero-order valence-electron chi connectivity index (χ0n) is 24.9. The molecule has 0 radical (unpaired) electrons. The van der Waals surface area contributed by atoms with Gasteiger partial charge >= 0.3 is 0 Å². The van der Waals surface area contributed by atoms with E-state index >= 15 is 0 Å². The van der Waals surface area contributed by atoms with Crippen molar-refractivity contribution in [3.8, 4) is 12.1 Å². The lowest BCUT2D eigenvalue weighted by Crippen LogP contribution is -1.96. The van der Waals surface area contributed by atoms with Gasteiger partial charge in [0.05, 0.1) is 51.6 Å². The van der Waals surface area contributed by atoms with Crippen LogP contribution in [0, 0.1) is 22.7 Å². The molecular formula is C36H26N4S6. The lowest BCUT2D eigenvalue weighted by Gasteiger charge is -2.19. The van der Waals surface area contributed by atoms with Crippen molar-refractivity contribution in [1.82, 2.24) is 9.97 Å². The third-order valence-electron chi connectivity index (χ3n) is 6.86. The second kappa shape index (κ2) is 15.6. The number of hydrogen-bond donors (Lipinski definition) is 0. The standard InChI is InChI=1S/C36H26N4S6/c1-23-33(41-21-29-7-3-5-17-39-29)45-35(43-23)31(27-13-9-25(19-37)10-14-27)32(28-15-11-26(20-38)12-16-28)36-44-24(2)34(46-36)42-22-30-8-4-6-18-40-30/h3-18H,21-22H2,1-2H3/b35-31-,36-32+. The fraction of sp³-hybridized carbons (Fsp3) is 0.111. The van der Waals surface area contributed by atoms with Crippen LogP contribution in [0.25, 0.3) is 11.1 Å². The molecule has 4 heterocycles. The van der Waals surface area contributed by atoms with Crippen LogP contribution >= 0.6 is 70.6 Å². The van der Waals surface area contributed by atoms with Crippen molar-refractivity contribution in [3.63, 3.8) is 0 Å². The summed E-state index contributed by atoms with van der Waals surface area (Å²) in [4.78, 5) is 11.6. The van der Waals surface area contributed by atoms with E-state index in [1.54, 1.807) is 23.5 Å². The molecule has 0 fully saturated rings. The Morgan fingerprint density at radius 2 is 1.00 bits per heavy atom. The van der Waals surface area contributed by atoms with Crippen LogP contribution in [0.1, 0.15) is 47.5 Å². The van der Waals surface area contributed by atoms with E-state index in [0.717, 1.165) is 45.2 Å². The summed E-state index contributed by atoms with van der Waals surface area (Å²) in [6.07, 6.45) is 3.68. The minimum absolute atomic E-state index is 0.628. The van der Waals surface area contributed by atoms with Gasteiger partial charge in [0.25, 0.3) is 0 Å². The molecule has 4 nitrogen and oxygen atoms in total. The number of rotatable bonds is 9. The van der Waals surface area contributed by atoms with Crippen LogP contribution in [0.4, 0.5) is 0 Å². The van der Waals surface area contributed by atoms with Crippen molar-refractivity contribution in [2.45, 2.75) is 25.4 Å². The van der Waals surface area contributed by atoms with Crippen molar-refractivity contribution in [2.75, 3.05) is 0 Å². The Morgan fingerprint density at radius 1 is 0.587 bits per heavy atom. The van der Waals surface area contributed by atoms with Gasteiger partial charge < -0.3 is 0 Å². The fourth-order valence-electron chi connectivity index (χ4n) is 4.58. The van der Waals surface area contributed by atoms with Gasteiger partial charge in [0.2, 0.25) is 0 Å². The second-order valence-electron chi connectivity index (χ2n) is 10.0. The predicted molar refractivity (Wildman–Crippen MR) is 203 cm³/mol. The van der Waals surface area contributed by atoms with Crippen LogP contribution < -0.4 is 0 Å². The summed E-state index contributed by atoms with van der Waals surface area (Å²) in [6, 6.07) is 32.4. The van der Waals surface area contributed by atoms with Crippen LogP contribution in [-0.2, 0) is 11.5 Å². The Balaban J connectivity index is 1.42. The molecule has 46 heavy (non-hydrogen) atoms. The first-order valence-corrected chi connectivity index (χ1v) is 19.4. The predicted octanol–water partition coefficient (Wildman–Crippen LogP) is 11.5. The summed E-state index contributed by atoms with van der Waals surface area (Å²) in [5.41, 5.74) is 7.74. The van der Waals surface area contributed by atoms with Gasteiger partial charge in [-0.15, -0.1) is 23.5 Å². The Kier molecular flexibility index (Phi) is 11.1. The minimum Gasteiger partial charge on any atom is -0.260 e. The quantitative estimate of drug-likeness (QED) is 0.168. The van der Waals surface area contributed by atoms with Gasteiger partial charge in [-0.25, -0.2) is 0 Å². The molecule has 0 unspecified atom stereocenters. The first kappa shape index (κ1) is 32.7. The highest BCUT2D eigenvalue weighted by molar-refractivity contribution is 8.36. The van der Waals surface area contributed by atoms with Crippen LogP contribution in [0.2, 0.25) is 0 Å². The molecule has 0 atom stereocenters. The van der Waals surface area contributed by atoms with Gasteiger partial charge in [-0.05, 0) is 73.5 Å². The molecule has 0 saturated carbocycles. The third kappa shape index (κ3) is 7.83. The van der Waals surface area contributed by atoms with Crippen molar-refractivity contribution in [3.05, 3.63) is 158 Å². The van der Waals surface area contributed by atoms with Crippen molar-refractivity contribution in [2.24, 2.45) is 0 Å². The van der Waals surface area contributed by atoms with Crippen LogP contribution in [-0.4, -0.2) is 9.97 Å². The van der Waals surface area contributed by atoms with E-state index in [4.69, 9.17) is 0 Å². The summed E-state index contributed by atoms with van der Waals surface area (Å²) in [7, 11) is 0. The molecule has 0 spiro atoms. The molecule has 2 aliphatic rings. The zero-order valence-corrected chi connectivity index (χ0v) is 29.8. The van der Waals surface area contributed by atoms with Gasteiger partial charge in [-0.2, -0.15) is 10.5 Å². The van der Waals surface area contributed by atoms with Crippen molar-refractivity contribution in [1.29, 1.82) is 10.5 Å². The Bertz CT molecular complexity index is 1810. The Labute approximate surface area is 295 Å². The van der Waals surface area contributed by atoms with E-state index < -0.39 is 0 Å². The van der Waals surface area contributed by atoms with Gasteiger partial charge in [0.1, 0.15) is 0 Å². The molecule has 0 saturated heterocycles. The number of nitrogens with zero attached hydrogens (tertiary/aromatic N) is 4. The maximum atomic E-state index is 9.56. The molecule has 0 N–H and O–H groups in total.